The quantitative estimate of drug-likeness (QED) is 0.130. The molecule has 274 valence electrons. The number of rotatable bonds is 5. The Morgan fingerprint density at radius 2 is 0.898 bits per heavy atom. The van der Waals surface area contributed by atoms with Gasteiger partial charge in [-0.2, -0.15) is 0 Å². The van der Waals surface area contributed by atoms with Gasteiger partial charge in [0.15, 0.2) is 0 Å². The van der Waals surface area contributed by atoms with Gasteiger partial charge >= 0.3 is 0 Å². The maximum atomic E-state index is 4.89. The van der Waals surface area contributed by atoms with Crippen LogP contribution in [0.2, 0.25) is 0 Å². The van der Waals surface area contributed by atoms with Crippen LogP contribution in [0.25, 0.3) is 115 Å². The van der Waals surface area contributed by atoms with E-state index in [1.807, 2.05) is 30.6 Å². The molecule has 12 aromatic rings. The number of hydrogen-bond acceptors (Lipinski definition) is 2. The summed E-state index contributed by atoms with van der Waals surface area (Å²) in [5.41, 5.74) is 12.4. The first-order valence-corrected chi connectivity index (χ1v) is 20.1. The van der Waals surface area contributed by atoms with Crippen molar-refractivity contribution in [2.45, 2.75) is 0 Å². The van der Waals surface area contributed by atoms with Crippen LogP contribution in [0, 0.1) is 0 Å². The summed E-state index contributed by atoms with van der Waals surface area (Å²) in [6.07, 6.45) is 3.81. The monoisotopic (exact) mass is 749 g/mol. The van der Waals surface area contributed by atoms with Gasteiger partial charge in [0, 0.05) is 22.7 Å². The second-order valence-corrected chi connectivity index (χ2v) is 15.3. The number of nitrogens with zero attached hydrogens (tertiary/aromatic N) is 3. The van der Waals surface area contributed by atoms with E-state index in [-0.39, 0.29) is 0 Å². The molecule has 0 saturated heterocycles. The van der Waals surface area contributed by atoms with Crippen molar-refractivity contribution in [1.82, 2.24) is 14.5 Å². The molecule has 0 bridgehead atoms. The molecule has 3 heteroatoms. The molecule has 0 N–H and O–H groups in total. The standard InChI is InChI=1S/C56H35N3/c1-2-15-40(16-3-1)59-53-30-29-38(32-48(53)49-34-52(58-35-54(49)59)51-24-12-13-31-57-51)36-25-27-37(28-26-36)55-44-20-8-10-22-46(44)56(47-23-11-9-21-45(47)55)50-33-39-14-4-5-17-41(39)42-18-6-7-19-43(42)50/h1-35H. The van der Waals surface area contributed by atoms with Crippen LogP contribution in [0.1, 0.15) is 0 Å². The van der Waals surface area contributed by atoms with Gasteiger partial charge in [0.05, 0.1) is 28.6 Å². The third kappa shape index (κ3) is 5.29. The molecule has 3 aromatic heterocycles. The molecule has 9 aromatic carbocycles. The van der Waals surface area contributed by atoms with Gasteiger partial charge < -0.3 is 4.57 Å². The van der Waals surface area contributed by atoms with E-state index < -0.39 is 0 Å². The Balaban J connectivity index is 1.03. The number of fused-ring (bicyclic) bond motifs is 8. The molecule has 0 fully saturated rings. The third-order valence-corrected chi connectivity index (χ3v) is 12.1. The summed E-state index contributed by atoms with van der Waals surface area (Å²) >= 11 is 0. The first-order valence-electron chi connectivity index (χ1n) is 20.1. The first kappa shape index (κ1) is 33.3. The summed E-state index contributed by atoms with van der Waals surface area (Å²) in [7, 11) is 0. The van der Waals surface area contributed by atoms with Gasteiger partial charge in [-0.25, -0.2) is 0 Å². The molecule has 0 spiro atoms. The summed E-state index contributed by atoms with van der Waals surface area (Å²) < 4.78 is 2.31. The van der Waals surface area contributed by atoms with Crippen molar-refractivity contribution < 1.29 is 0 Å². The zero-order valence-corrected chi connectivity index (χ0v) is 32.0. The van der Waals surface area contributed by atoms with Crippen molar-refractivity contribution in [1.29, 1.82) is 0 Å². The maximum absolute atomic E-state index is 4.89. The molecule has 12 rings (SSSR count). The Bertz CT molecular complexity index is 3530. The van der Waals surface area contributed by atoms with E-state index >= 15 is 0 Å². The Kier molecular flexibility index (Phi) is 7.54. The molecule has 0 saturated carbocycles. The second-order valence-electron chi connectivity index (χ2n) is 15.3. The van der Waals surface area contributed by atoms with Crippen molar-refractivity contribution in [2.75, 3.05) is 0 Å². The zero-order valence-electron chi connectivity index (χ0n) is 32.0. The Labute approximate surface area is 341 Å². The lowest BCUT2D eigenvalue weighted by Gasteiger charge is -2.19. The van der Waals surface area contributed by atoms with Gasteiger partial charge in [0.2, 0.25) is 0 Å². The molecular weight excluding hydrogens is 715 g/mol. The summed E-state index contributed by atoms with van der Waals surface area (Å²) in [5, 5.41) is 12.4. The molecule has 3 nitrogen and oxygen atoms in total. The van der Waals surface area contributed by atoms with Crippen molar-refractivity contribution in [3.05, 3.63) is 213 Å². The van der Waals surface area contributed by atoms with Crippen LogP contribution in [-0.2, 0) is 0 Å². The Hall–Kier alpha value is -7.88. The van der Waals surface area contributed by atoms with E-state index in [1.54, 1.807) is 0 Å². The average molecular weight is 750 g/mol. The van der Waals surface area contributed by atoms with Crippen molar-refractivity contribution in [2.24, 2.45) is 0 Å². The molecule has 59 heavy (non-hydrogen) atoms. The van der Waals surface area contributed by atoms with Crippen molar-refractivity contribution in [3.8, 4) is 50.5 Å². The maximum Gasteiger partial charge on any atom is 0.0893 e. The molecule has 0 amide bonds. The lowest BCUT2D eigenvalue weighted by atomic mass is 9.83. The van der Waals surface area contributed by atoms with E-state index in [4.69, 9.17) is 4.98 Å². The number of pyridine rings is 2. The van der Waals surface area contributed by atoms with Crippen LogP contribution < -0.4 is 0 Å². The fourth-order valence-electron chi connectivity index (χ4n) is 9.43. The van der Waals surface area contributed by atoms with E-state index in [1.165, 1.54) is 81.9 Å². The van der Waals surface area contributed by atoms with E-state index in [2.05, 4.69) is 192 Å². The molecule has 3 heterocycles. The van der Waals surface area contributed by atoms with Crippen LogP contribution in [0.3, 0.4) is 0 Å². The summed E-state index contributed by atoms with van der Waals surface area (Å²) in [6.45, 7) is 0. The fourth-order valence-corrected chi connectivity index (χ4v) is 9.43. The van der Waals surface area contributed by atoms with E-state index in [0.29, 0.717) is 0 Å². The SMILES string of the molecule is c1ccc(-n2c3ccc(-c4ccc(-c5c6ccccc6c(-c6cc7ccccc7c7ccccc67)c6ccccc56)cc4)cc3c3cc(-c4ccccn4)ncc32)cc1. The van der Waals surface area contributed by atoms with Crippen molar-refractivity contribution >= 4 is 64.9 Å². The van der Waals surface area contributed by atoms with E-state index in [9.17, 15) is 0 Å². The van der Waals surface area contributed by atoms with Gasteiger partial charge in [-0.1, -0.05) is 152 Å². The molecule has 0 atom stereocenters. The highest BCUT2D eigenvalue weighted by Gasteiger charge is 2.20. The van der Waals surface area contributed by atoms with Crippen LogP contribution in [-0.4, -0.2) is 14.5 Å². The van der Waals surface area contributed by atoms with Gasteiger partial charge in [-0.15, -0.1) is 0 Å². The predicted octanol–water partition coefficient (Wildman–Crippen LogP) is 14.9. The highest BCUT2D eigenvalue weighted by Crippen LogP contribution is 2.47. The van der Waals surface area contributed by atoms with Gasteiger partial charge in [0.25, 0.3) is 0 Å². The molecule has 0 aliphatic carbocycles. The highest BCUT2D eigenvalue weighted by atomic mass is 15.0. The summed E-state index contributed by atoms with van der Waals surface area (Å²) in [4.78, 5) is 9.50. The zero-order chi connectivity index (χ0) is 38.9. The number of para-hydroxylation sites is 1. The number of hydrogen-bond donors (Lipinski definition) is 0. The lowest BCUT2D eigenvalue weighted by Crippen LogP contribution is -1.94. The minimum atomic E-state index is 0.860. The molecule has 0 unspecified atom stereocenters. The van der Waals surface area contributed by atoms with Crippen LogP contribution in [0.5, 0.6) is 0 Å². The highest BCUT2D eigenvalue weighted by molar-refractivity contribution is 6.25. The van der Waals surface area contributed by atoms with Gasteiger partial charge in [-0.05, 0) is 125 Å². The van der Waals surface area contributed by atoms with E-state index in [0.717, 1.165) is 33.5 Å². The fraction of sp³-hybridized carbons (Fsp3) is 0. The van der Waals surface area contributed by atoms with Gasteiger partial charge in [-0.3, -0.25) is 9.97 Å². The molecule has 0 aliphatic rings. The minimum Gasteiger partial charge on any atom is -0.308 e. The molecular formula is C56H35N3. The molecule has 0 aliphatic heterocycles. The largest absolute Gasteiger partial charge is 0.308 e. The predicted molar refractivity (Wildman–Crippen MR) is 248 cm³/mol. The first-order chi connectivity index (χ1) is 29.3. The molecule has 0 radical (unpaired) electrons. The minimum absolute atomic E-state index is 0.860. The lowest BCUT2D eigenvalue weighted by molar-refractivity contribution is 1.16. The Morgan fingerprint density at radius 3 is 1.61 bits per heavy atom. The normalized spacial score (nSPS) is 11.7. The number of aromatic nitrogens is 3. The van der Waals surface area contributed by atoms with Gasteiger partial charge in [0.1, 0.15) is 0 Å². The average Bonchev–Trinajstić information content (AvgIpc) is 3.64. The smallest absolute Gasteiger partial charge is 0.0893 e. The van der Waals surface area contributed by atoms with Crippen molar-refractivity contribution in [3.63, 3.8) is 0 Å². The summed E-state index contributed by atoms with van der Waals surface area (Å²) in [5.74, 6) is 0. The number of benzene rings is 9. The van der Waals surface area contributed by atoms with Crippen LogP contribution in [0.4, 0.5) is 0 Å². The second kappa shape index (κ2) is 13.4. The van der Waals surface area contributed by atoms with Crippen LogP contribution >= 0.6 is 0 Å². The topological polar surface area (TPSA) is 30.7 Å². The van der Waals surface area contributed by atoms with Crippen LogP contribution in [0.15, 0.2) is 213 Å². The summed E-state index contributed by atoms with van der Waals surface area (Å²) in [6, 6.07) is 72.6. The Morgan fingerprint density at radius 1 is 0.322 bits per heavy atom. The third-order valence-electron chi connectivity index (χ3n) is 12.1.